The lowest BCUT2D eigenvalue weighted by Gasteiger charge is -2.39. The van der Waals surface area contributed by atoms with Gasteiger partial charge in [0.25, 0.3) is 0 Å². The van der Waals surface area contributed by atoms with Crippen LogP contribution in [0.25, 0.3) is 0 Å². The molecule has 3 rings (SSSR count). The highest BCUT2D eigenvalue weighted by Crippen LogP contribution is 2.56. The third kappa shape index (κ3) is 1.59. The molecule has 3 saturated carbocycles. The zero-order valence-corrected chi connectivity index (χ0v) is 8.84. The molecule has 0 saturated heterocycles. The quantitative estimate of drug-likeness (QED) is 0.704. The number of hydrogen-bond acceptors (Lipinski definition) is 2. The third-order valence-corrected chi connectivity index (χ3v) is 4.69. The van der Waals surface area contributed by atoms with Gasteiger partial charge < -0.3 is 10.4 Å². The molecule has 0 aromatic carbocycles. The van der Waals surface area contributed by atoms with Crippen LogP contribution in [-0.4, -0.2) is 23.3 Å². The maximum atomic E-state index is 9.49. The first-order valence-corrected chi connectivity index (χ1v) is 6.22. The summed E-state index contributed by atoms with van der Waals surface area (Å²) < 4.78 is 0. The summed E-state index contributed by atoms with van der Waals surface area (Å²) in [7, 11) is 0. The molecule has 0 aromatic rings. The van der Waals surface area contributed by atoms with E-state index in [1.165, 1.54) is 44.9 Å². The van der Waals surface area contributed by atoms with Crippen molar-refractivity contribution in [3.05, 3.63) is 0 Å². The molecule has 2 atom stereocenters. The molecule has 3 aliphatic rings. The first-order valence-electron chi connectivity index (χ1n) is 6.22. The number of nitrogens with one attached hydrogen (secondary N) is 1. The maximum Gasteiger partial charge on any atom is 0.0693 e. The Morgan fingerprint density at radius 3 is 2.07 bits per heavy atom. The van der Waals surface area contributed by atoms with E-state index in [2.05, 4.69) is 5.32 Å². The fourth-order valence-electron chi connectivity index (χ4n) is 3.05. The van der Waals surface area contributed by atoms with Crippen LogP contribution in [-0.2, 0) is 0 Å². The van der Waals surface area contributed by atoms with Gasteiger partial charge in [0.1, 0.15) is 0 Å². The van der Waals surface area contributed by atoms with Crippen LogP contribution in [0.4, 0.5) is 0 Å². The molecule has 0 heterocycles. The van der Waals surface area contributed by atoms with E-state index in [1.54, 1.807) is 0 Å². The van der Waals surface area contributed by atoms with Gasteiger partial charge in [-0.05, 0) is 56.8 Å². The van der Waals surface area contributed by atoms with E-state index in [9.17, 15) is 5.11 Å². The fraction of sp³-hybridized carbons (Fsp3) is 1.00. The van der Waals surface area contributed by atoms with E-state index in [0.29, 0.717) is 12.1 Å². The van der Waals surface area contributed by atoms with Gasteiger partial charge in [-0.15, -0.1) is 0 Å². The van der Waals surface area contributed by atoms with E-state index in [-0.39, 0.29) is 6.10 Å². The summed E-state index contributed by atoms with van der Waals surface area (Å²) >= 11 is 0. The zero-order chi connectivity index (χ0) is 9.60. The number of rotatable bonds is 2. The Bertz CT molecular complexity index is 214. The van der Waals surface area contributed by atoms with Crippen molar-refractivity contribution >= 4 is 0 Å². The van der Waals surface area contributed by atoms with Crippen molar-refractivity contribution in [2.45, 2.75) is 69.6 Å². The topological polar surface area (TPSA) is 32.3 Å². The molecular weight excluding hydrogens is 174 g/mol. The minimum Gasteiger partial charge on any atom is -0.392 e. The second-order valence-corrected chi connectivity index (χ2v) is 5.69. The molecule has 0 radical (unpaired) electrons. The summed E-state index contributed by atoms with van der Waals surface area (Å²) in [6.45, 7) is 0. The second kappa shape index (κ2) is 3.21. The van der Waals surface area contributed by atoms with Crippen LogP contribution in [0.2, 0.25) is 0 Å². The predicted molar refractivity (Wildman–Crippen MR) is 56.1 cm³/mol. The maximum absolute atomic E-state index is 9.49. The number of hydrogen-bond donors (Lipinski definition) is 2. The number of aliphatic hydroxyl groups excluding tert-OH is 1. The summed E-state index contributed by atoms with van der Waals surface area (Å²) in [6.07, 6.45) is 10.7. The van der Waals surface area contributed by atoms with Gasteiger partial charge in [-0.2, -0.15) is 0 Å². The summed E-state index contributed by atoms with van der Waals surface area (Å²) in [5.74, 6) is 0. The van der Waals surface area contributed by atoms with Gasteiger partial charge in [0.15, 0.2) is 0 Å². The Labute approximate surface area is 86.1 Å². The van der Waals surface area contributed by atoms with Gasteiger partial charge in [0, 0.05) is 12.1 Å². The Hall–Kier alpha value is -0.0800. The fourth-order valence-corrected chi connectivity index (χ4v) is 3.05. The van der Waals surface area contributed by atoms with Crippen LogP contribution in [0, 0.1) is 5.41 Å². The molecule has 1 spiro atoms. The van der Waals surface area contributed by atoms with Crippen molar-refractivity contribution in [2.24, 2.45) is 5.41 Å². The molecule has 0 aromatic heterocycles. The minimum atomic E-state index is -0.0492. The standard InChI is InChI=1S/C12H21NO/c14-11-2-1-10(11)13-9-3-5-12(6-4-9)7-8-12/h9-11,13-14H,1-8H2/t10-,11-/m1/s1. The van der Waals surface area contributed by atoms with Gasteiger partial charge >= 0.3 is 0 Å². The molecule has 0 bridgehead atoms. The van der Waals surface area contributed by atoms with Crippen molar-refractivity contribution in [1.29, 1.82) is 0 Å². The van der Waals surface area contributed by atoms with Crippen molar-refractivity contribution in [3.63, 3.8) is 0 Å². The van der Waals surface area contributed by atoms with Gasteiger partial charge in [-0.3, -0.25) is 0 Å². The molecule has 14 heavy (non-hydrogen) atoms. The normalized spacial score (nSPS) is 40.9. The predicted octanol–water partition coefficient (Wildman–Crippen LogP) is 1.82. The smallest absolute Gasteiger partial charge is 0.0693 e. The SMILES string of the molecule is O[C@@H]1CC[C@H]1NC1CCC2(CC1)CC2. The van der Waals surface area contributed by atoms with Crippen LogP contribution in [0.15, 0.2) is 0 Å². The molecule has 80 valence electrons. The Morgan fingerprint density at radius 2 is 1.64 bits per heavy atom. The largest absolute Gasteiger partial charge is 0.392 e. The van der Waals surface area contributed by atoms with Gasteiger partial charge in [0.2, 0.25) is 0 Å². The molecule has 0 amide bonds. The molecule has 0 unspecified atom stereocenters. The minimum absolute atomic E-state index is 0.0492. The molecule has 3 aliphatic carbocycles. The molecule has 2 heteroatoms. The average Bonchev–Trinajstić information content (AvgIpc) is 2.95. The van der Waals surface area contributed by atoms with E-state index < -0.39 is 0 Å². The monoisotopic (exact) mass is 195 g/mol. The molecule has 2 nitrogen and oxygen atoms in total. The lowest BCUT2D eigenvalue weighted by Crippen LogP contribution is -2.52. The Kier molecular flexibility index (Phi) is 2.10. The molecule has 2 N–H and O–H groups in total. The summed E-state index contributed by atoms with van der Waals surface area (Å²) in [5, 5.41) is 13.1. The Morgan fingerprint density at radius 1 is 0.929 bits per heavy atom. The van der Waals surface area contributed by atoms with E-state index in [4.69, 9.17) is 0 Å². The first kappa shape index (κ1) is 9.17. The summed E-state index contributed by atoms with van der Waals surface area (Å²) in [6, 6.07) is 1.13. The van der Waals surface area contributed by atoms with Crippen LogP contribution in [0.5, 0.6) is 0 Å². The van der Waals surface area contributed by atoms with Gasteiger partial charge in [0.05, 0.1) is 6.10 Å². The molecule has 0 aliphatic heterocycles. The Balaban J connectivity index is 1.46. The third-order valence-electron chi connectivity index (χ3n) is 4.69. The van der Waals surface area contributed by atoms with E-state index in [1.807, 2.05) is 0 Å². The van der Waals surface area contributed by atoms with Crippen LogP contribution < -0.4 is 5.32 Å². The lowest BCUT2D eigenvalue weighted by atomic mass is 9.81. The average molecular weight is 195 g/mol. The molecular formula is C12H21NO. The van der Waals surface area contributed by atoms with E-state index in [0.717, 1.165) is 11.8 Å². The van der Waals surface area contributed by atoms with Crippen molar-refractivity contribution < 1.29 is 5.11 Å². The van der Waals surface area contributed by atoms with Gasteiger partial charge in [-0.25, -0.2) is 0 Å². The highest BCUT2D eigenvalue weighted by Gasteiger charge is 2.45. The zero-order valence-electron chi connectivity index (χ0n) is 8.84. The van der Waals surface area contributed by atoms with E-state index >= 15 is 0 Å². The first-order chi connectivity index (χ1) is 6.77. The van der Waals surface area contributed by atoms with Crippen LogP contribution >= 0.6 is 0 Å². The van der Waals surface area contributed by atoms with Crippen LogP contribution in [0.1, 0.15) is 51.4 Å². The summed E-state index contributed by atoms with van der Waals surface area (Å²) in [4.78, 5) is 0. The van der Waals surface area contributed by atoms with Crippen molar-refractivity contribution in [3.8, 4) is 0 Å². The van der Waals surface area contributed by atoms with Crippen LogP contribution in [0.3, 0.4) is 0 Å². The number of aliphatic hydroxyl groups is 1. The lowest BCUT2D eigenvalue weighted by molar-refractivity contribution is 0.0392. The van der Waals surface area contributed by atoms with Crippen molar-refractivity contribution in [1.82, 2.24) is 5.32 Å². The second-order valence-electron chi connectivity index (χ2n) is 5.69. The highest BCUT2D eigenvalue weighted by molar-refractivity contribution is 4.99. The highest BCUT2D eigenvalue weighted by atomic mass is 16.3. The molecule has 3 fully saturated rings. The van der Waals surface area contributed by atoms with Gasteiger partial charge in [-0.1, -0.05) is 0 Å². The van der Waals surface area contributed by atoms with Crippen molar-refractivity contribution in [2.75, 3.05) is 0 Å². The summed E-state index contributed by atoms with van der Waals surface area (Å²) in [5.41, 5.74) is 0.802.